The van der Waals surface area contributed by atoms with Gasteiger partial charge < -0.3 is 10.1 Å². The minimum Gasteiger partial charge on any atom is -0.455 e. The minimum absolute atomic E-state index is 0.167. The zero-order valence-electron chi connectivity index (χ0n) is 15.8. The monoisotopic (exact) mass is 405 g/mol. The first-order valence-corrected chi connectivity index (χ1v) is 10.3. The van der Waals surface area contributed by atoms with E-state index in [1.807, 2.05) is 49.4 Å². The molecule has 0 aromatic heterocycles. The molecule has 0 aliphatic carbocycles. The number of halogens is 1. The average Bonchev–Trinajstić information content (AvgIpc) is 2.63. The van der Waals surface area contributed by atoms with E-state index in [9.17, 15) is 9.59 Å². The number of carbonyl (C=O) groups excluding carboxylic acids is 2. The molecule has 0 saturated heterocycles. The lowest BCUT2D eigenvalue weighted by atomic mass is 9.98. The molecule has 0 saturated carbocycles. The number of hydrogen-bond donors (Lipinski definition) is 1. The van der Waals surface area contributed by atoms with Crippen molar-refractivity contribution in [2.75, 3.05) is 17.7 Å². The number of para-hydroxylation sites is 1. The normalized spacial score (nSPS) is 10.7. The van der Waals surface area contributed by atoms with Crippen molar-refractivity contribution in [1.29, 1.82) is 0 Å². The second-order valence-electron chi connectivity index (χ2n) is 6.49. The van der Waals surface area contributed by atoms with Gasteiger partial charge in [-0.1, -0.05) is 61.8 Å². The summed E-state index contributed by atoms with van der Waals surface area (Å²) >= 11 is 7.49. The molecule has 0 atom stereocenters. The summed E-state index contributed by atoms with van der Waals surface area (Å²) in [5.41, 5.74) is 3.80. The Morgan fingerprint density at radius 2 is 1.89 bits per heavy atom. The zero-order chi connectivity index (χ0) is 19.8. The van der Waals surface area contributed by atoms with E-state index >= 15 is 0 Å². The summed E-state index contributed by atoms with van der Waals surface area (Å²) in [6.45, 7) is 5.79. The quantitative estimate of drug-likeness (QED) is 0.614. The number of aryl methyl sites for hydroxylation is 1. The van der Waals surface area contributed by atoms with Gasteiger partial charge in [-0.05, 0) is 35.6 Å². The van der Waals surface area contributed by atoms with Gasteiger partial charge in [0.05, 0.1) is 5.75 Å². The van der Waals surface area contributed by atoms with E-state index in [0.717, 1.165) is 22.4 Å². The molecule has 1 amide bonds. The number of rotatable bonds is 8. The molecule has 0 fully saturated rings. The largest absolute Gasteiger partial charge is 0.455 e. The molecule has 144 valence electrons. The van der Waals surface area contributed by atoms with Crippen molar-refractivity contribution >= 4 is 40.9 Å². The number of nitrogens with one attached hydrogen (secondary N) is 1. The predicted molar refractivity (Wildman–Crippen MR) is 112 cm³/mol. The van der Waals surface area contributed by atoms with Crippen LogP contribution < -0.4 is 5.32 Å². The van der Waals surface area contributed by atoms with Crippen LogP contribution in [0.4, 0.5) is 5.69 Å². The maximum atomic E-state index is 12.2. The number of hydrogen-bond acceptors (Lipinski definition) is 4. The highest BCUT2D eigenvalue weighted by atomic mass is 35.5. The SMILES string of the molecule is Cc1cccc(C(C)C)c1NC(=O)COC(=O)CSCc1ccccc1Cl. The van der Waals surface area contributed by atoms with Crippen molar-refractivity contribution in [3.63, 3.8) is 0 Å². The molecule has 2 aromatic rings. The van der Waals surface area contributed by atoms with Gasteiger partial charge in [0.2, 0.25) is 0 Å². The van der Waals surface area contributed by atoms with Crippen molar-refractivity contribution in [2.24, 2.45) is 0 Å². The fraction of sp³-hybridized carbons (Fsp3) is 0.333. The van der Waals surface area contributed by atoms with E-state index in [0.29, 0.717) is 10.8 Å². The molecule has 1 N–H and O–H groups in total. The molecule has 2 aromatic carbocycles. The number of carbonyl (C=O) groups is 2. The molecular formula is C21H24ClNO3S. The zero-order valence-corrected chi connectivity index (χ0v) is 17.3. The number of anilines is 1. The molecule has 27 heavy (non-hydrogen) atoms. The van der Waals surface area contributed by atoms with Crippen LogP contribution >= 0.6 is 23.4 Å². The number of amides is 1. The van der Waals surface area contributed by atoms with Crippen molar-refractivity contribution < 1.29 is 14.3 Å². The summed E-state index contributed by atoms with van der Waals surface area (Å²) in [5.74, 6) is 0.304. The third-order valence-electron chi connectivity index (χ3n) is 3.99. The van der Waals surface area contributed by atoms with E-state index in [1.54, 1.807) is 0 Å². The molecule has 0 bridgehead atoms. The van der Waals surface area contributed by atoms with Crippen LogP contribution in [0.15, 0.2) is 42.5 Å². The van der Waals surface area contributed by atoms with Crippen molar-refractivity contribution in [2.45, 2.75) is 32.4 Å². The smallest absolute Gasteiger partial charge is 0.316 e. The van der Waals surface area contributed by atoms with Crippen LogP contribution in [0.2, 0.25) is 5.02 Å². The first-order chi connectivity index (χ1) is 12.9. The van der Waals surface area contributed by atoms with Crippen LogP contribution in [0.1, 0.15) is 36.5 Å². The summed E-state index contributed by atoms with van der Waals surface area (Å²) in [4.78, 5) is 24.0. The number of benzene rings is 2. The molecule has 0 aliphatic rings. The molecule has 0 spiro atoms. The van der Waals surface area contributed by atoms with E-state index in [2.05, 4.69) is 19.2 Å². The lowest BCUT2D eigenvalue weighted by Crippen LogP contribution is -2.22. The van der Waals surface area contributed by atoms with Gasteiger partial charge >= 0.3 is 5.97 Å². The Morgan fingerprint density at radius 1 is 1.15 bits per heavy atom. The average molecular weight is 406 g/mol. The van der Waals surface area contributed by atoms with Crippen LogP contribution in [-0.2, 0) is 20.1 Å². The van der Waals surface area contributed by atoms with E-state index < -0.39 is 5.97 Å². The Labute approximate surface area is 169 Å². The maximum absolute atomic E-state index is 12.2. The van der Waals surface area contributed by atoms with Gasteiger partial charge in [0.1, 0.15) is 0 Å². The molecule has 2 rings (SSSR count). The fourth-order valence-corrected chi connectivity index (χ4v) is 3.67. The van der Waals surface area contributed by atoms with Crippen LogP contribution in [0.3, 0.4) is 0 Å². The first kappa shape index (κ1) is 21.3. The van der Waals surface area contributed by atoms with Gasteiger partial charge in [-0.3, -0.25) is 9.59 Å². The summed E-state index contributed by atoms with van der Waals surface area (Å²) in [6, 6.07) is 13.4. The lowest BCUT2D eigenvalue weighted by Gasteiger charge is -2.16. The van der Waals surface area contributed by atoms with Gasteiger partial charge in [-0.25, -0.2) is 0 Å². The standard InChI is InChI=1S/C21H24ClNO3S/c1-14(2)17-9-6-7-15(3)21(17)23-19(24)11-26-20(25)13-27-12-16-8-4-5-10-18(16)22/h4-10,14H,11-13H2,1-3H3,(H,23,24). The number of esters is 1. The topological polar surface area (TPSA) is 55.4 Å². The third kappa shape index (κ3) is 6.60. The number of ether oxygens (including phenoxy) is 1. The highest BCUT2D eigenvalue weighted by Crippen LogP contribution is 2.27. The molecule has 0 radical (unpaired) electrons. The van der Waals surface area contributed by atoms with E-state index in [-0.39, 0.29) is 24.2 Å². The highest BCUT2D eigenvalue weighted by Gasteiger charge is 2.13. The summed E-state index contributed by atoms with van der Waals surface area (Å²) < 4.78 is 5.08. The molecule has 6 heteroatoms. The Balaban J connectivity index is 1.79. The molecule has 0 heterocycles. The summed E-state index contributed by atoms with van der Waals surface area (Å²) in [7, 11) is 0. The van der Waals surface area contributed by atoms with Gasteiger partial charge in [0.25, 0.3) is 5.91 Å². The van der Waals surface area contributed by atoms with E-state index in [1.165, 1.54) is 11.8 Å². The minimum atomic E-state index is -0.420. The predicted octanol–water partition coefficient (Wildman–Crippen LogP) is 5.19. The maximum Gasteiger partial charge on any atom is 0.316 e. The van der Waals surface area contributed by atoms with Crippen LogP contribution in [-0.4, -0.2) is 24.2 Å². The Bertz CT molecular complexity index is 808. The summed E-state index contributed by atoms with van der Waals surface area (Å²) in [5, 5.41) is 3.54. The lowest BCUT2D eigenvalue weighted by molar-refractivity contribution is -0.144. The Morgan fingerprint density at radius 3 is 2.59 bits per heavy atom. The van der Waals surface area contributed by atoms with Crippen molar-refractivity contribution in [3.8, 4) is 0 Å². The molecule has 0 aliphatic heterocycles. The van der Waals surface area contributed by atoms with Gasteiger partial charge in [0, 0.05) is 16.5 Å². The second kappa shape index (κ2) is 10.4. The van der Waals surface area contributed by atoms with Gasteiger partial charge in [0.15, 0.2) is 6.61 Å². The first-order valence-electron chi connectivity index (χ1n) is 8.74. The molecular weight excluding hydrogens is 382 g/mol. The van der Waals surface area contributed by atoms with E-state index in [4.69, 9.17) is 16.3 Å². The highest BCUT2D eigenvalue weighted by molar-refractivity contribution is 7.99. The van der Waals surface area contributed by atoms with Gasteiger partial charge in [-0.2, -0.15) is 0 Å². The number of thioether (sulfide) groups is 1. The summed E-state index contributed by atoms with van der Waals surface area (Å²) in [6.07, 6.45) is 0. The van der Waals surface area contributed by atoms with Crippen molar-refractivity contribution in [1.82, 2.24) is 0 Å². The van der Waals surface area contributed by atoms with Crippen LogP contribution in [0.25, 0.3) is 0 Å². The van der Waals surface area contributed by atoms with Crippen LogP contribution in [0, 0.1) is 6.92 Å². The Hall–Kier alpha value is -1.98. The Kier molecular flexibility index (Phi) is 8.20. The van der Waals surface area contributed by atoms with Crippen molar-refractivity contribution in [3.05, 3.63) is 64.2 Å². The fourth-order valence-electron chi connectivity index (χ4n) is 2.57. The van der Waals surface area contributed by atoms with Crippen LogP contribution in [0.5, 0.6) is 0 Å². The molecule has 0 unspecified atom stereocenters. The molecule has 4 nitrogen and oxygen atoms in total. The third-order valence-corrected chi connectivity index (χ3v) is 5.31. The second-order valence-corrected chi connectivity index (χ2v) is 7.88. The van der Waals surface area contributed by atoms with Gasteiger partial charge in [-0.15, -0.1) is 11.8 Å².